The van der Waals surface area contributed by atoms with Gasteiger partial charge in [0.05, 0.1) is 7.11 Å². The van der Waals surface area contributed by atoms with Gasteiger partial charge in [0.1, 0.15) is 11.4 Å². The molecule has 0 radical (unpaired) electrons. The van der Waals surface area contributed by atoms with Gasteiger partial charge in [0.2, 0.25) is 0 Å². The van der Waals surface area contributed by atoms with Gasteiger partial charge in [0.15, 0.2) is 0 Å². The summed E-state index contributed by atoms with van der Waals surface area (Å²) in [5, 5.41) is 0.911. The predicted octanol–water partition coefficient (Wildman–Crippen LogP) is 1.04. The average Bonchev–Trinajstić information content (AvgIpc) is 2.16. The second-order valence-electron chi connectivity index (χ2n) is 2.69. The van der Waals surface area contributed by atoms with Crippen molar-refractivity contribution in [1.29, 1.82) is 0 Å². The molecule has 0 saturated carbocycles. The summed E-state index contributed by atoms with van der Waals surface area (Å²) in [6.07, 6.45) is 0. The largest absolute Gasteiger partial charge is 0.398 e. The molecule has 0 saturated heterocycles. The first-order valence-corrected chi connectivity index (χ1v) is 3.94. The highest BCUT2D eigenvalue weighted by atomic mass is 19.1. The van der Waals surface area contributed by atoms with Crippen molar-refractivity contribution in [3.8, 4) is 0 Å². The fourth-order valence-electron chi connectivity index (χ4n) is 1.01. The van der Waals surface area contributed by atoms with Gasteiger partial charge in [-0.05, 0) is 12.1 Å². The number of carbonyl (C=O) groups is 1. The monoisotopic (exact) mass is 198 g/mol. The van der Waals surface area contributed by atoms with Crippen LogP contribution in [0.3, 0.4) is 0 Å². The molecule has 0 aliphatic rings. The Labute approximate surface area is 81.0 Å². The van der Waals surface area contributed by atoms with Crippen molar-refractivity contribution in [2.24, 2.45) is 0 Å². The zero-order valence-corrected chi connectivity index (χ0v) is 7.95. The quantitative estimate of drug-likeness (QED) is 0.570. The topological polar surface area (TPSA) is 55.6 Å². The number of amides is 1. The molecule has 1 aromatic carbocycles. The molecule has 0 unspecified atom stereocenters. The van der Waals surface area contributed by atoms with Crippen molar-refractivity contribution < 1.29 is 14.0 Å². The lowest BCUT2D eigenvalue weighted by atomic mass is 10.1. The predicted molar refractivity (Wildman–Crippen MR) is 49.9 cm³/mol. The van der Waals surface area contributed by atoms with E-state index in [2.05, 4.69) is 4.84 Å². The number of nitrogens with two attached hydrogens (primary N) is 1. The Morgan fingerprint density at radius 1 is 1.57 bits per heavy atom. The first-order valence-electron chi connectivity index (χ1n) is 3.94. The summed E-state index contributed by atoms with van der Waals surface area (Å²) in [6, 6.07) is 4.07. The van der Waals surface area contributed by atoms with Crippen LogP contribution in [0.4, 0.5) is 10.1 Å². The molecular formula is C9H11FN2O2. The number of nitrogens with zero attached hydrogens (tertiary/aromatic N) is 1. The number of halogens is 1. The first-order chi connectivity index (χ1) is 6.57. The van der Waals surface area contributed by atoms with Crippen LogP contribution in [0.1, 0.15) is 10.4 Å². The average molecular weight is 198 g/mol. The fourth-order valence-corrected chi connectivity index (χ4v) is 1.01. The van der Waals surface area contributed by atoms with Gasteiger partial charge in [0.25, 0.3) is 5.91 Å². The molecule has 1 rings (SSSR count). The number of benzene rings is 1. The maximum atomic E-state index is 13.2. The third-order valence-electron chi connectivity index (χ3n) is 1.82. The van der Waals surface area contributed by atoms with E-state index >= 15 is 0 Å². The standard InChI is InChI=1S/C9H11FN2O2/c1-12(14-2)9(13)8-6(10)4-3-5-7(8)11/h3-5H,11H2,1-2H3. The first kappa shape index (κ1) is 10.5. The van der Waals surface area contributed by atoms with Crippen molar-refractivity contribution in [2.75, 3.05) is 19.9 Å². The highest BCUT2D eigenvalue weighted by molar-refractivity contribution is 5.98. The molecular weight excluding hydrogens is 187 g/mol. The van der Waals surface area contributed by atoms with Crippen LogP contribution in [-0.2, 0) is 4.84 Å². The summed E-state index contributed by atoms with van der Waals surface area (Å²) >= 11 is 0. The number of hydrogen-bond donors (Lipinski definition) is 1. The smallest absolute Gasteiger partial charge is 0.282 e. The van der Waals surface area contributed by atoms with Gasteiger partial charge < -0.3 is 5.73 Å². The van der Waals surface area contributed by atoms with Crippen molar-refractivity contribution in [3.63, 3.8) is 0 Å². The minimum absolute atomic E-state index is 0.0962. The molecule has 0 spiro atoms. The molecule has 0 aliphatic carbocycles. The molecule has 5 heteroatoms. The van der Waals surface area contributed by atoms with Crippen LogP contribution in [0.15, 0.2) is 18.2 Å². The second kappa shape index (κ2) is 4.06. The van der Waals surface area contributed by atoms with E-state index in [1.807, 2.05) is 0 Å². The van der Waals surface area contributed by atoms with E-state index < -0.39 is 11.7 Å². The molecule has 1 aromatic rings. The number of carbonyl (C=O) groups excluding carboxylic acids is 1. The Morgan fingerprint density at radius 2 is 2.21 bits per heavy atom. The summed E-state index contributed by atoms with van der Waals surface area (Å²) in [6.45, 7) is 0. The molecule has 0 aromatic heterocycles. The second-order valence-corrected chi connectivity index (χ2v) is 2.69. The summed E-state index contributed by atoms with van der Waals surface area (Å²) in [5.41, 5.74) is 5.40. The number of rotatable bonds is 2. The SMILES string of the molecule is CON(C)C(=O)c1c(N)cccc1F. The van der Waals surface area contributed by atoms with Crippen molar-refractivity contribution >= 4 is 11.6 Å². The molecule has 0 heterocycles. The molecule has 0 fully saturated rings. The fraction of sp³-hybridized carbons (Fsp3) is 0.222. The lowest BCUT2D eigenvalue weighted by Crippen LogP contribution is -2.27. The molecule has 2 N–H and O–H groups in total. The number of hydroxylamine groups is 2. The van der Waals surface area contributed by atoms with Crippen molar-refractivity contribution in [1.82, 2.24) is 5.06 Å². The lowest BCUT2D eigenvalue weighted by molar-refractivity contribution is -0.0758. The molecule has 14 heavy (non-hydrogen) atoms. The van der Waals surface area contributed by atoms with Crippen LogP contribution in [0.2, 0.25) is 0 Å². The van der Waals surface area contributed by atoms with E-state index in [0.717, 1.165) is 5.06 Å². The van der Waals surface area contributed by atoms with Crippen molar-refractivity contribution in [3.05, 3.63) is 29.6 Å². The van der Waals surface area contributed by atoms with Crippen LogP contribution in [0.25, 0.3) is 0 Å². The minimum Gasteiger partial charge on any atom is -0.398 e. The van der Waals surface area contributed by atoms with Crippen LogP contribution in [0, 0.1) is 5.82 Å². The van der Waals surface area contributed by atoms with Crippen LogP contribution in [0.5, 0.6) is 0 Å². The lowest BCUT2D eigenvalue weighted by Gasteiger charge is -2.15. The van der Waals surface area contributed by atoms with Gasteiger partial charge >= 0.3 is 0 Å². The van der Waals surface area contributed by atoms with Crippen LogP contribution >= 0.6 is 0 Å². The van der Waals surface area contributed by atoms with E-state index in [1.165, 1.54) is 32.4 Å². The molecule has 0 aliphatic heterocycles. The van der Waals surface area contributed by atoms with Crippen LogP contribution < -0.4 is 5.73 Å². The minimum atomic E-state index is -0.654. The third kappa shape index (κ3) is 1.82. The Balaban J connectivity index is 3.12. The maximum Gasteiger partial charge on any atom is 0.282 e. The Bertz CT molecular complexity index is 334. The highest BCUT2D eigenvalue weighted by Gasteiger charge is 2.18. The summed E-state index contributed by atoms with van der Waals surface area (Å²) < 4.78 is 13.2. The zero-order valence-electron chi connectivity index (χ0n) is 7.95. The molecule has 1 amide bonds. The molecule has 76 valence electrons. The van der Waals surface area contributed by atoms with E-state index in [-0.39, 0.29) is 11.3 Å². The number of anilines is 1. The normalized spacial score (nSPS) is 9.93. The Hall–Kier alpha value is -1.62. The van der Waals surface area contributed by atoms with E-state index in [9.17, 15) is 9.18 Å². The van der Waals surface area contributed by atoms with Gasteiger partial charge in [0, 0.05) is 12.7 Å². The molecule has 0 bridgehead atoms. The van der Waals surface area contributed by atoms with E-state index in [1.54, 1.807) is 0 Å². The summed E-state index contributed by atoms with van der Waals surface area (Å²) in [5.74, 6) is -1.26. The number of hydrogen-bond acceptors (Lipinski definition) is 3. The number of nitrogen functional groups attached to an aromatic ring is 1. The Morgan fingerprint density at radius 3 is 2.71 bits per heavy atom. The van der Waals surface area contributed by atoms with E-state index in [4.69, 9.17) is 5.73 Å². The van der Waals surface area contributed by atoms with E-state index in [0.29, 0.717) is 0 Å². The highest BCUT2D eigenvalue weighted by Crippen LogP contribution is 2.17. The van der Waals surface area contributed by atoms with Crippen molar-refractivity contribution in [2.45, 2.75) is 0 Å². The maximum absolute atomic E-state index is 13.2. The van der Waals surface area contributed by atoms with Gasteiger partial charge in [-0.2, -0.15) is 0 Å². The van der Waals surface area contributed by atoms with Gasteiger partial charge in [-0.3, -0.25) is 9.63 Å². The summed E-state index contributed by atoms with van der Waals surface area (Å²) in [4.78, 5) is 16.1. The molecule has 4 nitrogen and oxygen atoms in total. The zero-order chi connectivity index (χ0) is 10.7. The molecule has 0 atom stereocenters. The van der Waals surface area contributed by atoms with Gasteiger partial charge in [-0.1, -0.05) is 6.07 Å². The van der Waals surface area contributed by atoms with Crippen LogP contribution in [-0.4, -0.2) is 25.1 Å². The van der Waals surface area contributed by atoms with Gasteiger partial charge in [-0.15, -0.1) is 0 Å². The summed E-state index contributed by atoms with van der Waals surface area (Å²) in [7, 11) is 2.70. The third-order valence-corrected chi connectivity index (χ3v) is 1.82. The van der Waals surface area contributed by atoms with Gasteiger partial charge in [-0.25, -0.2) is 9.45 Å². The Kier molecular flexibility index (Phi) is 3.03.